The summed E-state index contributed by atoms with van der Waals surface area (Å²) in [5.74, 6) is -0.0608. The fraction of sp³-hybridized carbons (Fsp3) is 0.182. The van der Waals surface area contributed by atoms with E-state index in [4.69, 9.17) is 9.73 Å². The summed E-state index contributed by atoms with van der Waals surface area (Å²) in [5.41, 5.74) is 3.24. The van der Waals surface area contributed by atoms with Gasteiger partial charge in [-0.15, -0.1) is 11.8 Å². The van der Waals surface area contributed by atoms with Gasteiger partial charge in [-0.3, -0.25) is 4.98 Å². The van der Waals surface area contributed by atoms with Crippen LogP contribution in [0.3, 0.4) is 0 Å². The molecule has 0 saturated carbocycles. The minimum atomic E-state index is -0.421. The van der Waals surface area contributed by atoms with Crippen molar-refractivity contribution in [2.45, 2.75) is 18.2 Å². The fourth-order valence-corrected chi connectivity index (χ4v) is 3.07. The molecule has 0 saturated heterocycles. The molecule has 2 heterocycles. The third kappa shape index (κ3) is 5.04. The number of pyridine rings is 2. The molecular formula is C22H21N3O2S. The van der Waals surface area contributed by atoms with Gasteiger partial charge in [-0.1, -0.05) is 12.1 Å². The lowest BCUT2D eigenvalue weighted by atomic mass is 10.0. The molecule has 142 valence electrons. The summed E-state index contributed by atoms with van der Waals surface area (Å²) in [5, 5.41) is 0. The van der Waals surface area contributed by atoms with Gasteiger partial charge in [0.2, 0.25) is 0 Å². The van der Waals surface area contributed by atoms with Crippen LogP contribution in [0.5, 0.6) is 0 Å². The SMILES string of the molecule is CCOC(=O)c1cccnc1N=C(Cc1ccncc1)c1ccc(SC)cc1. The van der Waals surface area contributed by atoms with E-state index in [9.17, 15) is 4.79 Å². The van der Waals surface area contributed by atoms with Crippen LogP contribution in [-0.2, 0) is 11.2 Å². The highest BCUT2D eigenvalue weighted by Crippen LogP contribution is 2.21. The first-order chi connectivity index (χ1) is 13.7. The second kappa shape index (κ2) is 9.80. The van der Waals surface area contributed by atoms with Gasteiger partial charge in [-0.05, 0) is 60.7 Å². The van der Waals surface area contributed by atoms with Gasteiger partial charge in [-0.25, -0.2) is 14.8 Å². The fourth-order valence-electron chi connectivity index (χ4n) is 2.67. The zero-order valence-corrected chi connectivity index (χ0v) is 16.6. The van der Waals surface area contributed by atoms with Gasteiger partial charge in [0, 0.05) is 29.9 Å². The highest BCUT2D eigenvalue weighted by atomic mass is 32.2. The van der Waals surface area contributed by atoms with Crippen LogP contribution >= 0.6 is 11.8 Å². The Labute approximate surface area is 168 Å². The molecule has 5 nitrogen and oxygen atoms in total. The standard InChI is InChI=1S/C22H21N3O2S/c1-3-27-22(26)19-5-4-12-24-21(19)25-20(15-16-10-13-23-14-11-16)17-6-8-18(28-2)9-7-17/h4-14H,3,15H2,1-2H3. The van der Waals surface area contributed by atoms with E-state index in [1.807, 2.05) is 30.5 Å². The van der Waals surface area contributed by atoms with Crippen LogP contribution in [0.2, 0.25) is 0 Å². The van der Waals surface area contributed by atoms with E-state index >= 15 is 0 Å². The first kappa shape index (κ1) is 19.8. The maximum Gasteiger partial charge on any atom is 0.341 e. The molecule has 0 radical (unpaired) electrons. The van der Waals surface area contributed by atoms with Crippen LogP contribution in [0.15, 0.2) is 77.0 Å². The third-order valence-corrected chi connectivity index (χ3v) is 4.81. The summed E-state index contributed by atoms with van der Waals surface area (Å²) in [7, 11) is 0. The first-order valence-corrected chi connectivity index (χ1v) is 10.2. The number of carbonyl (C=O) groups excluding carboxylic acids is 1. The number of aromatic nitrogens is 2. The molecule has 28 heavy (non-hydrogen) atoms. The molecule has 6 heteroatoms. The minimum absolute atomic E-state index is 0.302. The Morgan fingerprint density at radius 2 is 1.82 bits per heavy atom. The Morgan fingerprint density at radius 3 is 2.50 bits per heavy atom. The van der Waals surface area contributed by atoms with Crippen LogP contribution < -0.4 is 0 Å². The van der Waals surface area contributed by atoms with Crippen LogP contribution in [0.1, 0.15) is 28.4 Å². The van der Waals surface area contributed by atoms with Crippen LogP contribution in [0.4, 0.5) is 5.82 Å². The molecule has 0 spiro atoms. The van der Waals surface area contributed by atoms with Gasteiger partial charge in [-0.2, -0.15) is 0 Å². The van der Waals surface area contributed by atoms with Gasteiger partial charge in [0.05, 0.1) is 12.3 Å². The Balaban J connectivity index is 2.04. The smallest absolute Gasteiger partial charge is 0.341 e. The van der Waals surface area contributed by atoms with Crippen LogP contribution in [0.25, 0.3) is 0 Å². The lowest BCUT2D eigenvalue weighted by Gasteiger charge is -2.10. The number of hydrogen-bond acceptors (Lipinski definition) is 6. The summed E-state index contributed by atoms with van der Waals surface area (Å²) in [6, 6.07) is 15.5. The van der Waals surface area contributed by atoms with Gasteiger partial charge >= 0.3 is 5.97 Å². The largest absolute Gasteiger partial charge is 0.462 e. The van der Waals surface area contributed by atoms with Crippen molar-refractivity contribution in [2.75, 3.05) is 12.9 Å². The molecule has 0 fully saturated rings. The van der Waals surface area contributed by atoms with Gasteiger partial charge in [0.1, 0.15) is 5.56 Å². The van der Waals surface area contributed by atoms with Crippen molar-refractivity contribution < 1.29 is 9.53 Å². The predicted molar refractivity (Wildman–Crippen MR) is 113 cm³/mol. The number of rotatable bonds is 7. The molecule has 0 aliphatic carbocycles. The van der Waals surface area contributed by atoms with Crippen molar-refractivity contribution in [2.24, 2.45) is 4.99 Å². The molecule has 0 unspecified atom stereocenters. The summed E-state index contributed by atoms with van der Waals surface area (Å²) >= 11 is 1.69. The van der Waals surface area contributed by atoms with Crippen molar-refractivity contribution in [1.82, 2.24) is 9.97 Å². The van der Waals surface area contributed by atoms with Crippen molar-refractivity contribution in [3.8, 4) is 0 Å². The average Bonchev–Trinajstić information content (AvgIpc) is 2.74. The van der Waals surface area contributed by atoms with Crippen molar-refractivity contribution >= 4 is 29.3 Å². The molecule has 1 aromatic carbocycles. The lowest BCUT2D eigenvalue weighted by molar-refractivity contribution is 0.0527. The Morgan fingerprint density at radius 1 is 1.07 bits per heavy atom. The highest BCUT2D eigenvalue weighted by Gasteiger charge is 2.15. The average molecular weight is 391 g/mol. The van der Waals surface area contributed by atoms with Crippen molar-refractivity contribution in [3.63, 3.8) is 0 Å². The number of esters is 1. The molecule has 3 rings (SSSR count). The van der Waals surface area contributed by atoms with E-state index in [1.54, 1.807) is 49.4 Å². The molecule has 0 bridgehead atoms. The predicted octanol–water partition coefficient (Wildman–Crippen LogP) is 4.74. The van der Waals surface area contributed by atoms with E-state index in [2.05, 4.69) is 22.1 Å². The summed E-state index contributed by atoms with van der Waals surface area (Å²) in [4.78, 5) is 26.6. The van der Waals surface area contributed by atoms with E-state index < -0.39 is 5.97 Å². The Kier molecular flexibility index (Phi) is 6.92. The van der Waals surface area contributed by atoms with Crippen LogP contribution in [0, 0.1) is 0 Å². The summed E-state index contributed by atoms with van der Waals surface area (Å²) in [6.07, 6.45) is 7.78. The number of thioether (sulfide) groups is 1. The molecule has 0 atom stereocenters. The number of nitrogens with zero attached hydrogens (tertiary/aromatic N) is 3. The third-order valence-electron chi connectivity index (χ3n) is 4.07. The molecule has 3 aromatic rings. The second-order valence-corrected chi connectivity index (χ2v) is 6.79. The topological polar surface area (TPSA) is 64.4 Å². The van der Waals surface area contributed by atoms with Gasteiger partial charge in [0.25, 0.3) is 0 Å². The van der Waals surface area contributed by atoms with Crippen molar-refractivity contribution in [1.29, 1.82) is 0 Å². The van der Waals surface area contributed by atoms with Crippen molar-refractivity contribution in [3.05, 3.63) is 83.8 Å². The first-order valence-electron chi connectivity index (χ1n) is 8.94. The Hall–Kier alpha value is -2.99. The molecule has 0 aliphatic rings. The highest BCUT2D eigenvalue weighted by molar-refractivity contribution is 7.98. The molecule has 0 N–H and O–H groups in total. The number of hydrogen-bond donors (Lipinski definition) is 0. The second-order valence-electron chi connectivity index (χ2n) is 5.91. The van der Waals surface area contributed by atoms with E-state index in [0.717, 1.165) is 16.8 Å². The van der Waals surface area contributed by atoms with E-state index in [1.165, 1.54) is 4.90 Å². The summed E-state index contributed by atoms with van der Waals surface area (Å²) in [6.45, 7) is 2.08. The molecule has 0 aliphatic heterocycles. The quantitative estimate of drug-likeness (QED) is 0.331. The maximum absolute atomic E-state index is 12.3. The van der Waals surface area contributed by atoms with Crippen LogP contribution in [-0.4, -0.2) is 34.5 Å². The lowest BCUT2D eigenvalue weighted by Crippen LogP contribution is -2.09. The molecule has 2 aromatic heterocycles. The number of benzene rings is 1. The van der Waals surface area contributed by atoms with Gasteiger partial charge in [0.15, 0.2) is 5.82 Å². The number of ether oxygens (including phenoxy) is 1. The molecular weight excluding hydrogens is 370 g/mol. The monoisotopic (exact) mass is 391 g/mol. The number of aliphatic imine (C=N–C) groups is 1. The summed E-state index contributed by atoms with van der Waals surface area (Å²) < 4.78 is 5.15. The zero-order chi connectivity index (χ0) is 19.8. The molecule has 0 amide bonds. The van der Waals surface area contributed by atoms with Gasteiger partial charge < -0.3 is 4.74 Å². The maximum atomic E-state index is 12.3. The zero-order valence-electron chi connectivity index (χ0n) is 15.8. The van der Waals surface area contributed by atoms with E-state index in [-0.39, 0.29) is 0 Å². The Bertz CT molecular complexity index is 957. The minimum Gasteiger partial charge on any atom is -0.462 e. The normalized spacial score (nSPS) is 11.3. The number of carbonyl (C=O) groups is 1. The van der Waals surface area contributed by atoms with E-state index in [0.29, 0.717) is 24.4 Å².